The predicted molar refractivity (Wildman–Crippen MR) is 248 cm³/mol. The molecule has 8 atom stereocenters. The molecule has 5 aromatic heterocycles. The fourth-order valence-corrected chi connectivity index (χ4v) is 11.7. The first-order chi connectivity index (χ1) is 30.5. The number of nitrogens with one attached hydrogen (secondary N) is 1. The summed E-state index contributed by atoms with van der Waals surface area (Å²) in [6.45, 7) is 3.71. The van der Waals surface area contributed by atoms with E-state index in [-0.39, 0.29) is 57.7 Å². The number of piperidine rings is 2. The monoisotopic (exact) mass is 966 g/mol. The molecule has 0 radical (unpaired) electrons. The number of hydrogen-bond donors (Lipinski definition) is 5. The number of nitrogens with zero attached hydrogens (tertiary/aromatic N) is 11. The summed E-state index contributed by atoms with van der Waals surface area (Å²) in [5, 5.41) is 40.0. The standard InChI is InChI=1S/C21H21Cl3N6O2.C21H22Cl2N8O/c1-8-21(30-9-3-6-13(30)18(32)11(25)7-9)27-19(23)16(26-8)17(31)10-4-5-12-14(15(10)22)20(24)29(2)28-12;1-8-21(31-9-3-6-13(31)18(32)11(24)7-9)26-20-17(25-8)16(27-28-20)10-4-5-12-14(15(10)22)19(23)30(2)29-12/h4-5,9,11,13,18,32H,3,6-7,25H2,1-2H3;4-5,9,11,13,18,32H,3,6-7,24H2,1-2H3,(H,26,27,28)/t2*9-,11+,13+,18+/m11/s1. The predicted octanol–water partition coefficient (Wildman–Crippen LogP) is 6.24. The van der Waals surface area contributed by atoms with Crippen LogP contribution in [0.2, 0.25) is 25.5 Å². The van der Waals surface area contributed by atoms with Crippen LogP contribution in [0.15, 0.2) is 24.3 Å². The topological polar surface area (TPSA) is 232 Å². The second kappa shape index (κ2) is 16.2. The third-order valence-electron chi connectivity index (χ3n) is 13.3. The summed E-state index contributed by atoms with van der Waals surface area (Å²) in [5.41, 5.74) is 17.6. The number of carbonyl (C=O) groups excluding carboxylic acids is 1. The Kier molecular flexibility index (Phi) is 11.0. The SMILES string of the molecule is Cc1nc(C(=O)c2ccc3nn(C)c(Cl)c3c2Cl)c(Cl)nc1N1[C@@H]2CC[C@H]1[C@@H](O)[C@@H](N)C2.Cc1nc2c(-c3ccc4nn(C)c(Cl)c4c3Cl)[nH]nc2nc1N1[C@@H]2CC[C@H]1[C@@H](O)[C@@H](N)C2. The number of aryl methyl sites for hydroxylation is 4. The van der Waals surface area contributed by atoms with Crippen LogP contribution in [0.5, 0.6) is 0 Å². The number of anilines is 2. The number of halogens is 5. The molecule has 2 aromatic carbocycles. The third-order valence-corrected chi connectivity index (χ3v) is 15.3. The second-order valence-corrected chi connectivity index (χ2v) is 19.0. The van der Waals surface area contributed by atoms with Crippen LogP contribution < -0.4 is 21.3 Å². The summed E-state index contributed by atoms with van der Waals surface area (Å²) in [5.74, 6) is 0.875. The van der Waals surface area contributed by atoms with Gasteiger partial charge < -0.3 is 31.5 Å². The highest BCUT2D eigenvalue weighted by Crippen LogP contribution is 2.43. The van der Waals surface area contributed by atoms with Gasteiger partial charge >= 0.3 is 0 Å². The summed E-state index contributed by atoms with van der Waals surface area (Å²) in [6.07, 6.45) is 3.80. The molecule has 11 rings (SSSR count). The average Bonchev–Trinajstić information content (AvgIpc) is 4.06. The molecule has 4 fully saturated rings. The first-order valence-corrected chi connectivity index (χ1v) is 22.8. The Bertz CT molecular complexity index is 3050. The van der Waals surface area contributed by atoms with Crippen molar-refractivity contribution in [3.63, 3.8) is 0 Å². The minimum absolute atomic E-state index is 0.00999. The minimum atomic E-state index is -0.648. The molecule has 4 bridgehead atoms. The fourth-order valence-electron chi connectivity index (χ4n) is 10.2. The molecule has 17 nitrogen and oxygen atoms in total. The average molecular weight is 969 g/mol. The molecule has 0 saturated carbocycles. The van der Waals surface area contributed by atoms with Gasteiger partial charge in [-0.05, 0) is 76.6 Å². The van der Waals surface area contributed by atoms with E-state index in [0.29, 0.717) is 66.4 Å². The maximum Gasteiger partial charge on any atom is 0.216 e. The minimum Gasteiger partial charge on any atom is -0.389 e. The van der Waals surface area contributed by atoms with Crippen LogP contribution in [0.25, 0.3) is 44.2 Å². The Morgan fingerprint density at radius 1 is 0.719 bits per heavy atom. The fraction of sp³-hybridized carbons (Fsp3) is 0.429. The molecule has 334 valence electrons. The maximum atomic E-state index is 13.3. The van der Waals surface area contributed by atoms with Crippen molar-refractivity contribution in [2.75, 3.05) is 9.80 Å². The van der Waals surface area contributed by atoms with Crippen molar-refractivity contribution in [2.45, 2.75) is 101 Å². The van der Waals surface area contributed by atoms with E-state index in [1.54, 1.807) is 37.8 Å². The summed E-state index contributed by atoms with van der Waals surface area (Å²) in [6, 6.07) is 6.79. The number of H-pyrrole nitrogens is 1. The Labute approximate surface area is 391 Å². The van der Waals surface area contributed by atoms with Gasteiger partial charge in [-0.3, -0.25) is 19.3 Å². The van der Waals surface area contributed by atoms with Crippen molar-refractivity contribution in [1.82, 2.24) is 49.7 Å². The van der Waals surface area contributed by atoms with E-state index in [0.717, 1.165) is 54.7 Å². The van der Waals surface area contributed by atoms with E-state index in [1.807, 2.05) is 19.1 Å². The second-order valence-electron chi connectivity index (χ2n) is 17.2. The number of fused-ring (bicyclic) bond motifs is 7. The van der Waals surface area contributed by atoms with Crippen molar-refractivity contribution >= 4 is 108 Å². The van der Waals surface area contributed by atoms with Crippen molar-refractivity contribution in [3.8, 4) is 11.3 Å². The van der Waals surface area contributed by atoms with Gasteiger partial charge in [0, 0.05) is 49.4 Å². The molecule has 22 heteroatoms. The molecule has 7 aromatic rings. The first kappa shape index (κ1) is 43.5. The van der Waals surface area contributed by atoms with Crippen LogP contribution >= 0.6 is 58.0 Å². The van der Waals surface area contributed by atoms with Gasteiger partial charge in [-0.15, -0.1) is 0 Å². The third kappa shape index (κ3) is 6.80. The van der Waals surface area contributed by atoms with Gasteiger partial charge in [0.1, 0.15) is 21.5 Å². The van der Waals surface area contributed by atoms with Gasteiger partial charge in [-0.1, -0.05) is 58.0 Å². The summed E-state index contributed by atoms with van der Waals surface area (Å²) >= 11 is 32.4. The zero-order chi connectivity index (χ0) is 45.2. The Morgan fingerprint density at radius 2 is 1.25 bits per heavy atom. The summed E-state index contributed by atoms with van der Waals surface area (Å²) < 4.78 is 3.09. The normalized spacial score (nSPS) is 25.2. The number of carbonyl (C=O) groups is 1. The number of aliphatic hydroxyl groups is 2. The lowest BCUT2D eigenvalue weighted by molar-refractivity contribution is 0.0978. The zero-order valence-electron chi connectivity index (χ0n) is 34.9. The van der Waals surface area contributed by atoms with Crippen LogP contribution in [0.3, 0.4) is 0 Å². The number of aromatic amines is 1. The maximum absolute atomic E-state index is 13.3. The molecule has 9 heterocycles. The Morgan fingerprint density at radius 3 is 1.84 bits per heavy atom. The van der Waals surface area contributed by atoms with Crippen molar-refractivity contribution in [2.24, 2.45) is 25.6 Å². The first-order valence-electron chi connectivity index (χ1n) is 20.9. The molecule has 4 aliphatic heterocycles. The molecule has 0 aliphatic carbocycles. The highest BCUT2D eigenvalue weighted by atomic mass is 35.5. The molecule has 4 saturated heterocycles. The van der Waals surface area contributed by atoms with Gasteiger partial charge in [0.15, 0.2) is 16.8 Å². The van der Waals surface area contributed by atoms with Gasteiger partial charge in [-0.2, -0.15) is 15.3 Å². The number of benzene rings is 2. The van der Waals surface area contributed by atoms with E-state index in [9.17, 15) is 15.0 Å². The number of aliphatic hydroxyl groups excluding tert-OH is 2. The Hall–Kier alpha value is -4.43. The van der Waals surface area contributed by atoms with Crippen molar-refractivity contribution < 1.29 is 15.0 Å². The van der Waals surface area contributed by atoms with Crippen LogP contribution in [-0.4, -0.2) is 114 Å². The number of ketones is 1. The van der Waals surface area contributed by atoms with E-state index < -0.39 is 18.0 Å². The largest absolute Gasteiger partial charge is 0.389 e. The molecular formula is C42H43Cl5N14O3. The summed E-state index contributed by atoms with van der Waals surface area (Å²) in [7, 11) is 3.47. The van der Waals surface area contributed by atoms with Crippen LogP contribution in [0.4, 0.5) is 11.6 Å². The lowest BCUT2D eigenvalue weighted by atomic mass is 9.95. The van der Waals surface area contributed by atoms with Gasteiger partial charge in [-0.25, -0.2) is 19.9 Å². The van der Waals surface area contributed by atoms with Gasteiger partial charge in [0.2, 0.25) is 11.4 Å². The van der Waals surface area contributed by atoms with E-state index >= 15 is 0 Å². The number of hydrogen-bond acceptors (Lipinski definition) is 14. The molecule has 7 N–H and O–H groups in total. The molecule has 64 heavy (non-hydrogen) atoms. The lowest BCUT2D eigenvalue weighted by Gasteiger charge is -2.42. The van der Waals surface area contributed by atoms with E-state index in [2.05, 4.69) is 40.2 Å². The number of aromatic nitrogens is 10. The molecular weight excluding hydrogens is 926 g/mol. The van der Waals surface area contributed by atoms with Gasteiger partial charge in [0.05, 0.1) is 73.2 Å². The molecule has 0 amide bonds. The molecule has 4 aliphatic rings. The van der Waals surface area contributed by atoms with E-state index in [4.69, 9.17) is 79.4 Å². The molecule has 0 unspecified atom stereocenters. The smallest absolute Gasteiger partial charge is 0.216 e. The lowest BCUT2D eigenvalue weighted by Crippen LogP contribution is -2.57. The van der Waals surface area contributed by atoms with Crippen molar-refractivity contribution in [3.05, 3.63) is 72.4 Å². The van der Waals surface area contributed by atoms with Crippen LogP contribution in [-0.2, 0) is 14.1 Å². The summed E-state index contributed by atoms with van der Waals surface area (Å²) in [4.78, 5) is 36.3. The number of nitrogens with two attached hydrogens (primary N) is 2. The quantitative estimate of drug-likeness (QED) is 0.120. The van der Waals surface area contributed by atoms with Crippen molar-refractivity contribution in [1.29, 1.82) is 0 Å². The highest BCUT2D eigenvalue weighted by molar-refractivity contribution is 6.45. The molecule has 0 spiro atoms. The number of rotatable bonds is 5. The van der Waals surface area contributed by atoms with Gasteiger partial charge in [0.25, 0.3) is 0 Å². The highest BCUT2D eigenvalue weighted by Gasteiger charge is 2.48. The van der Waals surface area contributed by atoms with Crippen LogP contribution in [0, 0.1) is 13.8 Å². The Balaban J connectivity index is 0.000000151. The van der Waals surface area contributed by atoms with Crippen LogP contribution in [0.1, 0.15) is 66.0 Å². The van der Waals surface area contributed by atoms with E-state index in [1.165, 1.54) is 4.68 Å². The zero-order valence-corrected chi connectivity index (χ0v) is 38.7.